The highest BCUT2D eigenvalue weighted by Gasteiger charge is 2.34. The fourth-order valence-electron chi connectivity index (χ4n) is 3.93. The average molecular weight is 483 g/mol. The normalized spacial score (nSPS) is 18.6. The Morgan fingerprint density at radius 2 is 1.11 bits per heavy atom. The minimum Gasteiger partial charge on any atom is -0.377 e. The fourth-order valence-corrected chi connectivity index (χ4v) is 3.93. The van der Waals surface area contributed by atoms with E-state index in [2.05, 4.69) is 0 Å². The maximum Gasteiger partial charge on any atom is 0.261 e. The van der Waals surface area contributed by atoms with Crippen molar-refractivity contribution in [3.05, 3.63) is 70.8 Å². The van der Waals surface area contributed by atoms with Gasteiger partial charge in [0.2, 0.25) is 0 Å². The highest BCUT2D eigenvalue weighted by atomic mass is 16.6. The standard InChI is InChI=1S/C26H30N2O7/c29-24(27-9-11-32-13-15-34-17-18-35-16-14-33-12-10-27)21-7-5-20(6-8-21)19-28-25(30)22-3-1-2-4-23(22)26(28)31/h1-8H,9-19H2. The predicted octanol–water partition coefficient (Wildman–Crippen LogP) is 2.00. The van der Waals surface area contributed by atoms with Crippen LogP contribution in [0.2, 0.25) is 0 Å². The Morgan fingerprint density at radius 1 is 0.657 bits per heavy atom. The number of hydrogen-bond acceptors (Lipinski definition) is 7. The highest BCUT2D eigenvalue weighted by Crippen LogP contribution is 2.24. The lowest BCUT2D eigenvalue weighted by Gasteiger charge is -2.23. The number of fused-ring (bicyclic) bond motifs is 1. The van der Waals surface area contributed by atoms with Crippen molar-refractivity contribution in [1.82, 2.24) is 9.80 Å². The van der Waals surface area contributed by atoms with Gasteiger partial charge in [0, 0.05) is 18.7 Å². The number of amides is 3. The van der Waals surface area contributed by atoms with Gasteiger partial charge in [-0.1, -0.05) is 24.3 Å². The van der Waals surface area contributed by atoms with Gasteiger partial charge in [0.15, 0.2) is 0 Å². The second-order valence-corrected chi connectivity index (χ2v) is 8.18. The molecule has 0 saturated carbocycles. The van der Waals surface area contributed by atoms with Crippen LogP contribution in [0.4, 0.5) is 0 Å². The molecule has 0 radical (unpaired) electrons. The summed E-state index contributed by atoms with van der Waals surface area (Å²) in [6.45, 7) is 4.66. The van der Waals surface area contributed by atoms with Gasteiger partial charge in [0.1, 0.15) is 0 Å². The number of benzene rings is 2. The molecule has 1 fully saturated rings. The van der Waals surface area contributed by atoms with Crippen molar-refractivity contribution in [3.63, 3.8) is 0 Å². The van der Waals surface area contributed by atoms with Crippen LogP contribution in [0.15, 0.2) is 48.5 Å². The number of carbonyl (C=O) groups is 3. The van der Waals surface area contributed by atoms with Crippen molar-refractivity contribution in [2.75, 3.05) is 65.9 Å². The number of imide groups is 1. The van der Waals surface area contributed by atoms with E-state index in [1.807, 2.05) is 0 Å². The summed E-state index contributed by atoms with van der Waals surface area (Å²) >= 11 is 0. The smallest absolute Gasteiger partial charge is 0.261 e. The second-order valence-electron chi connectivity index (χ2n) is 8.18. The minimum atomic E-state index is -0.303. The Morgan fingerprint density at radius 3 is 1.60 bits per heavy atom. The van der Waals surface area contributed by atoms with Crippen LogP contribution in [-0.2, 0) is 25.5 Å². The quantitative estimate of drug-likeness (QED) is 0.618. The van der Waals surface area contributed by atoms with Gasteiger partial charge in [0.05, 0.1) is 70.5 Å². The third-order valence-electron chi connectivity index (χ3n) is 5.83. The van der Waals surface area contributed by atoms with E-state index in [1.54, 1.807) is 53.4 Å². The zero-order chi connectivity index (χ0) is 24.5. The third-order valence-corrected chi connectivity index (χ3v) is 5.83. The lowest BCUT2D eigenvalue weighted by Crippen LogP contribution is -2.37. The van der Waals surface area contributed by atoms with Crippen LogP contribution in [0.25, 0.3) is 0 Å². The summed E-state index contributed by atoms with van der Waals surface area (Å²) in [6.07, 6.45) is 0. The molecule has 0 aliphatic carbocycles. The Hall–Kier alpha value is -3.11. The van der Waals surface area contributed by atoms with Gasteiger partial charge in [-0.2, -0.15) is 0 Å². The Labute approximate surface area is 204 Å². The van der Waals surface area contributed by atoms with E-state index in [1.165, 1.54) is 4.90 Å². The van der Waals surface area contributed by atoms with Crippen molar-refractivity contribution in [2.45, 2.75) is 6.54 Å². The topological polar surface area (TPSA) is 94.6 Å². The molecule has 0 unspecified atom stereocenters. The molecule has 3 amide bonds. The van der Waals surface area contributed by atoms with E-state index in [4.69, 9.17) is 18.9 Å². The Kier molecular flexibility index (Phi) is 8.96. The van der Waals surface area contributed by atoms with E-state index >= 15 is 0 Å². The van der Waals surface area contributed by atoms with E-state index in [-0.39, 0.29) is 24.3 Å². The van der Waals surface area contributed by atoms with Gasteiger partial charge in [-0.3, -0.25) is 19.3 Å². The van der Waals surface area contributed by atoms with E-state index < -0.39 is 0 Å². The summed E-state index contributed by atoms with van der Waals surface area (Å²) in [5, 5.41) is 0. The molecular formula is C26H30N2O7. The Bertz CT molecular complexity index is 974. The molecule has 1 saturated heterocycles. The highest BCUT2D eigenvalue weighted by molar-refractivity contribution is 6.21. The molecule has 0 bridgehead atoms. The number of hydrogen-bond donors (Lipinski definition) is 0. The largest absolute Gasteiger partial charge is 0.377 e. The maximum absolute atomic E-state index is 13.2. The van der Waals surface area contributed by atoms with E-state index in [9.17, 15) is 14.4 Å². The van der Waals surface area contributed by atoms with Gasteiger partial charge < -0.3 is 23.8 Å². The van der Waals surface area contributed by atoms with Gasteiger partial charge in [-0.15, -0.1) is 0 Å². The molecule has 2 heterocycles. The van der Waals surface area contributed by atoms with Crippen LogP contribution in [0.1, 0.15) is 36.6 Å². The monoisotopic (exact) mass is 482 g/mol. The van der Waals surface area contributed by atoms with Crippen molar-refractivity contribution >= 4 is 17.7 Å². The molecule has 186 valence electrons. The summed E-state index contributed by atoms with van der Waals surface area (Å²) in [5.41, 5.74) is 2.12. The number of ether oxygens (including phenoxy) is 4. The van der Waals surface area contributed by atoms with Crippen LogP contribution in [0, 0.1) is 0 Å². The van der Waals surface area contributed by atoms with Gasteiger partial charge in [-0.25, -0.2) is 0 Å². The Balaban J connectivity index is 1.36. The molecular weight excluding hydrogens is 452 g/mol. The summed E-state index contributed by atoms with van der Waals surface area (Å²) in [7, 11) is 0. The van der Waals surface area contributed by atoms with Crippen LogP contribution < -0.4 is 0 Å². The molecule has 35 heavy (non-hydrogen) atoms. The molecule has 0 aromatic heterocycles. The van der Waals surface area contributed by atoms with Gasteiger partial charge >= 0.3 is 0 Å². The predicted molar refractivity (Wildman–Crippen MR) is 126 cm³/mol. The first-order valence-electron chi connectivity index (χ1n) is 11.8. The molecule has 4 rings (SSSR count). The molecule has 2 aromatic rings. The third kappa shape index (κ3) is 6.52. The number of rotatable bonds is 3. The molecule has 0 N–H and O–H groups in total. The molecule has 9 nitrogen and oxygen atoms in total. The van der Waals surface area contributed by atoms with Gasteiger partial charge in [-0.05, 0) is 29.8 Å². The first kappa shape index (κ1) is 25.0. The summed E-state index contributed by atoms with van der Waals surface area (Å²) in [4.78, 5) is 41.3. The van der Waals surface area contributed by atoms with E-state index in [0.717, 1.165) is 5.56 Å². The summed E-state index contributed by atoms with van der Waals surface area (Å²) in [6, 6.07) is 13.8. The number of carbonyl (C=O) groups excluding carboxylic acids is 3. The van der Waals surface area contributed by atoms with Crippen LogP contribution in [0.3, 0.4) is 0 Å². The number of nitrogens with zero attached hydrogens (tertiary/aromatic N) is 2. The molecule has 2 aliphatic rings. The zero-order valence-corrected chi connectivity index (χ0v) is 19.6. The SMILES string of the molecule is O=C(c1ccc(CN2C(=O)c3ccccc3C2=O)cc1)N1CCOCCOCCOCCOCC1. The second kappa shape index (κ2) is 12.6. The molecule has 9 heteroatoms. The van der Waals surface area contributed by atoms with Crippen molar-refractivity contribution in [1.29, 1.82) is 0 Å². The minimum absolute atomic E-state index is 0.138. The summed E-state index contributed by atoms with van der Waals surface area (Å²) < 4.78 is 22.0. The molecule has 0 atom stereocenters. The van der Waals surface area contributed by atoms with Crippen molar-refractivity contribution in [2.24, 2.45) is 0 Å². The fraction of sp³-hybridized carbons (Fsp3) is 0.423. The first-order chi connectivity index (χ1) is 17.1. The van der Waals surface area contributed by atoms with Crippen LogP contribution >= 0.6 is 0 Å². The first-order valence-corrected chi connectivity index (χ1v) is 11.8. The molecule has 2 aromatic carbocycles. The average Bonchev–Trinajstić information content (AvgIpc) is 3.11. The molecule has 0 spiro atoms. The van der Waals surface area contributed by atoms with Crippen LogP contribution in [0.5, 0.6) is 0 Å². The van der Waals surface area contributed by atoms with Crippen molar-refractivity contribution < 1.29 is 33.3 Å². The van der Waals surface area contributed by atoms with Crippen molar-refractivity contribution in [3.8, 4) is 0 Å². The maximum atomic E-state index is 13.2. The molecule has 2 aliphatic heterocycles. The zero-order valence-electron chi connectivity index (χ0n) is 19.6. The summed E-state index contributed by atoms with van der Waals surface area (Å²) in [5.74, 6) is -0.743. The lowest BCUT2D eigenvalue weighted by molar-refractivity contribution is 0.00206. The van der Waals surface area contributed by atoms with E-state index in [0.29, 0.717) is 82.6 Å². The van der Waals surface area contributed by atoms with Crippen LogP contribution in [-0.4, -0.2) is 93.5 Å². The van der Waals surface area contributed by atoms with Gasteiger partial charge in [0.25, 0.3) is 17.7 Å². The lowest BCUT2D eigenvalue weighted by atomic mass is 10.1.